The van der Waals surface area contributed by atoms with Crippen LogP contribution in [0.1, 0.15) is 5.69 Å². The minimum atomic E-state index is -1.66. The summed E-state index contributed by atoms with van der Waals surface area (Å²) in [5.74, 6) is 0. The molecular weight excluding hydrogens is 258 g/mol. The first-order valence-corrected chi connectivity index (χ1v) is 5.18. The van der Waals surface area contributed by atoms with E-state index in [0.29, 0.717) is 10.9 Å². The molecule has 0 fully saturated rings. The Balaban J connectivity index is 2.89. The van der Waals surface area contributed by atoms with Crippen molar-refractivity contribution in [2.24, 2.45) is 0 Å². The van der Waals surface area contributed by atoms with E-state index in [1.165, 1.54) is 0 Å². The molecule has 15 heavy (non-hydrogen) atoms. The van der Waals surface area contributed by atoms with Gasteiger partial charge in [-0.1, -0.05) is 53.0 Å². The molecule has 3 nitrogen and oxygen atoms in total. The number of hydrogen-bond donors (Lipinski definition) is 1. The molecule has 2 rings (SSSR count). The molecule has 6 heteroatoms. The Labute approximate surface area is 100.0 Å². The first-order chi connectivity index (χ1) is 6.98. The second-order valence-electron chi connectivity index (χ2n) is 2.93. The summed E-state index contributed by atoms with van der Waals surface area (Å²) in [7, 11) is 0. The first kappa shape index (κ1) is 10.7. The Kier molecular flexibility index (Phi) is 2.63. The number of benzene rings is 1. The van der Waals surface area contributed by atoms with Crippen LogP contribution in [0, 0.1) is 0 Å². The number of aromatic nitrogens is 2. The van der Waals surface area contributed by atoms with Gasteiger partial charge in [-0.25, -0.2) is 4.79 Å². The average molecular weight is 264 g/mol. The summed E-state index contributed by atoms with van der Waals surface area (Å²) in [6.45, 7) is 0. The summed E-state index contributed by atoms with van der Waals surface area (Å²) in [6, 6.07) is 6.96. The van der Waals surface area contributed by atoms with Crippen LogP contribution in [-0.2, 0) is 3.79 Å². The van der Waals surface area contributed by atoms with Gasteiger partial charge in [-0.05, 0) is 6.07 Å². The molecule has 0 bridgehead atoms. The summed E-state index contributed by atoms with van der Waals surface area (Å²) in [4.78, 5) is 17.4. The van der Waals surface area contributed by atoms with Gasteiger partial charge in [0.2, 0.25) is 3.79 Å². The maximum atomic E-state index is 11.2. The standard InChI is InChI=1S/C9H5Cl3N2O/c10-9(11,12)7-5-3-1-2-4-6(5)13-8(15)14-7/h1-4H,(H,13,14,15). The number of para-hydroxylation sites is 1. The van der Waals surface area contributed by atoms with Gasteiger partial charge in [-0.15, -0.1) is 0 Å². The Morgan fingerprint density at radius 2 is 1.87 bits per heavy atom. The lowest BCUT2D eigenvalue weighted by Gasteiger charge is -2.12. The molecule has 0 radical (unpaired) electrons. The van der Waals surface area contributed by atoms with E-state index < -0.39 is 9.48 Å². The fourth-order valence-corrected chi connectivity index (χ4v) is 1.76. The fraction of sp³-hybridized carbons (Fsp3) is 0.111. The van der Waals surface area contributed by atoms with Crippen molar-refractivity contribution in [2.75, 3.05) is 0 Å². The first-order valence-electron chi connectivity index (χ1n) is 4.05. The van der Waals surface area contributed by atoms with E-state index >= 15 is 0 Å². The van der Waals surface area contributed by atoms with Crippen LogP contribution in [0.5, 0.6) is 0 Å². The van der Waals surface area contributed by atoms with Crippen molar-refractivity contribution in [3.05, 3.63) is 40.4 Å². The molecule has 0 aliphatic carbocycles. The third-order valence-electron chi connectivity index (χ3n) is 1.91. The van der Waals surface area contributed by atoms with E-state index in [1.54, 1.807) is 24.3 Å². The molecule has 0 amide bonds. The molecule has 0 atom stereocenters. The smallest absolute Gasteiger partial charge is 0.305 e. The van der Waals surface area contributed by atoms with Crippen LogP contribution in [0.3, 0.4) is 0 Å². The minimum absolute atomic E-state index is 0.239. The number of hydrogen-bond acceptors (Lipinski definition) is 2. The zero-order chi connectivity index (χ0) is 11.1. The maximum Gasteiger partial charge on any atom is 0.345 e. The van der Waals surface area contributed by atoms with Crippen molar-refractivity contribution < 1.29 is 0 Å². The van der Waals surface area contributed by atoms with Gasteiger partial charge in [0.1, 0.15) is 0 Å². The van der Waals surface area contributed by atoms with Gasteiger partial charge in [0.25, 0.3) is 0 Å². The van der Waals surface area contributed by atoms with Gasteiger partial charge in [0.05, 0.1) is 11.2 Å². The second-order valence-corrected chi connectivity index (χ2v) is 5.21. The Morgan fingerprint density at radius 1 is 1.20 bits per heavy atom. The van der Waals surface area contributed by atoms with Crippen LogP contribution in [0.4, 0.5) is 0 Å². The van der Waals surface area contributed by atoms with Crippen LogP contribution in [0.2, 0.25) is 0 Å². The molecule has 0 unspecified atom stereocenters. The summed E-state index contributed by atoms with van der Waals surface area (Å²) in [5, 5.41) is 0.622. The third kappa shape index (κ3) is 2.09. The predicted octanol–water partition coefficient (Wildman–Crippen LogP) is 2.75. The van der Waals surface area contributed by atoms with Crippen LogP contribution in [0.15, 0.2) is 29.1 Å². The molecule has 78 valence electrons. The monoisotopic (exact) mass is 262 g/mol. The number of fused-ring (bicyclic) bond motifs is 1. The Hall–Kier alpha value is -0.770. The minimum Gasteiger partial charge on any atom is -0.305 e. The zero-order valence-corrected chi connectivity index (χ0v) is 9.57. The van der Waals surface area contributed by atoms with Crippen molar-refractivity contribution in [3.63, 3.8) is 0 Å². The normalized spacial score (nSPS) is 11.9. The molecule has 0 saturated carbocycles. The topological polar surface area (TPSA) is 45.8 Å². The summed E-state index contributed by atoms with van der Waals surface area (Å²) >= 11 is 17.2. The van der Waals surface area contributed by atoms with Crippen LogP contribution < -0.4 is 5.69 Å². The van der Waals surface area contributed by atoms with E-state index in [2.05, 4.69) is 9.97 Å². The molecule has 1 N–H and O–H groups in total. The van der Waals surface area contributed by atoms with Crippen molar-refractivity contribution in [1.29, 1.82) is 0 Å². The molecule has 1 aromatic heterocycles. The van der Waals surface area contributed by atoms with E-state index in [0.717, 1.165) is 0 Å². The second kappa shape index (κ2) is 3.67. The highest BCUT2D eigenvalue weighted by molar-refractivity contribution is 6.67. The molecule has 1 aromatic carbocycles. The van der Waals surface area contributed by atoms with E-state index in [9.17, 15) is 4.79 Å². The molecule has 0 spiro atoms. The lowest BCUT2D eigenvalue weighted by molar-refractivity contribution is 1.02. The number of nitrogens with one attached hydrogen (secondary N) is 1. The van der Waals surface area contributed by atoms with Crippen LogP contribution in [-0.4, -0.2) is 9.97 Å². The number of alkyl halides is 3. The van der Waals surface area contributed by atoms with E-state index in [1.807, 2.05) is 0 Å². The quantitative estimate of drug-likeness (QED) is 0.743. The van der Waals surface area contributed by atoms with Crippen LogP contribution >= 0.6 is 34.8 Å². The average Bonchev–Trinajstić information content (AvgIpc) is 2.15. The zero-order valence-electron chi connectivity index (χ0n) is 7.30. The van der Waals surface area contributed by atoms with E-state index in [4.69, 9.17) is 34.8 Å². The number of nitrogens with zero attached hydrogens (tertiary/aromatic N) is 1. The number of aromatic amines is 1. The van der Waals surface area contributed by atoms with Crippen molar-refractivity contribution >= 4 is 45.7 Å². The van der Waals surface area contributed by atoms with Gasteiger partial charge in [0, 0.05) is 5.39 Å². The van der Waals surface area contributed by atoms with Gasteiger partial charge < -0.3 is 4.98 Å². The highest BCUT2D eigenvalue weighted by Crippen LogP contribution is 2.39. The highest BCUT2D eigenvalue weighted by Gasteiger charge is 2.26. The number of H-pyrrole nitrogens is 1. The lowest BCUT2D eigenvalue weighted by Crippen LogP contribution is -2.17. The van der Waals surface area contributed by atoms with Gasteiger partial charge in [-0.3, -0.25) is 0 Å². The number of rotatable bonds is 0. The fourth-order valence-electron chi connectivity index (χ4n) is 1.32. The molecule has 0 aliphatic rings. The van der Waals surface area contributed by atoms with Gasteiger partial charge in [-0.2, -0.15) is 4.98 Å². The van der Waals surface area contributed by atoms with Crippen molar-refractivity contribution in [1.82, 2.24) is 9.97 Å². The Bertz CT molecular complexity index is 559. The SMILES string of the molecule is O=c1nc2ccccc2c(C(Cl)(Cl)Cl)[nH]1. The molecule has 0 aliphatic heterocycles. The summed E-state index contributed by atoms with van der Waals surface area (Å²) in [5.41, 5.74) is 0.209. The Morgan fingerprint density at radius 3 is 2.53 bits per heavy atom. The molecular formula is C9H5Cl3N2O. The highest BCUT2D eigenvalue weighted by atomic mass is 35.6. The van der Waals surface area contributed by atoms with Gasteiger partial charge in [0.15, 0.2) is 0 Å². The molecule has 1 heterocycles. The summed E-state index contributed by atoms with van der Waals surface area (Å²) < 4.78 is -1.66. The largest absolute Gasteiger partial charge is 0.345 e. The molecule has 0 saturated heterocycles. The third-order valence-corrected chi connectivity index (χ3v) is 2.48. The van der Waals surface area contributed by atoms with E-state index in [-0.39, 0.29) is 5.69 Å². The van der Waals surface area contributed by atoms with Gasteiger partial charge >= 0.3 is 5.69 Å². The van der Waals surface area contributed by atoms with Crippen molar-refractivity contribution in [3.8, 4) is 0 Å². The maximum absolute atomic E-state index is 11.2. The van der Waals surface area contributed by atoms with Crippen LogP contribution in [0.25, 0.3) is 10.9 Å². The summed E-state index contributed by atoms with van der Waals surface area (Å²) in [6.07, 6.45) is 0. The molecule has 2 aromatic rings. The number of halogens is 3. The lowest BCUT2D eigenvalue weighted by atomic mass is 10.2. The van der Waals surface area contributed by atoms with Crippen molar-refractivity contribution in [2.45, 2.75) is 3.79 Å². The predicted molar refractivity (Wildman–Crippen MR) is 61.6 cm³/mol.